The lowest BCUT2D eigenvalue weighted by atomic mass is 10.2. The Morgan fingerprint density at radius 3 is 2.63 bits per heavy atom. The summed E-state index contributed by atoms with van der Waals surface area (Å²) < 4.78 is 5.00. The van der Waals surface area contributed by atoms with Gasteiger partial charge in [0.15, 0.2) is 0 Å². The van der Waals surface area contributed by atoms with Crippen molar-refractivity contribution in [3.05, 3.63) is 23.8 Å². The molecule has 0 unspecified atom stereocenters. The Morgan fingerprint density at radius 2 is 2.05 bits per heavy atom. The minimum absolute atomic E-state index is 0.253. The van der Waals surface area contributed by atoms with E-state index >= 15 is 0 Å². The van der Waals surface area contributed by atoms with Crippen LogP contribution < -0.4 is 15.4 Å². The molecule has 2 N–H and O–H groups in total. The highest BCUT2D eigenvalue weighted by Crippen LogP contribution is 2.25. The van der Waals surface area contributed by atoms with E-state index in [4.69, 9.17) is 15.3 Å². The van der Waals surface area contributed by atoms with Gasteiger partial charge in [-0.3, -0.25) is 9.59 Å². The van der Waals surface area contributed by atoms with Gasteiger partial charge in [0.05, 0.1) is 30.5 Å². The molecular formula is C12H10N4O3. The van der Waals surface area contributed by atoms with Crippen LogP contribution in [-0.4, -0.2) is 25.5 Å². The number of hydrogen-bond donors (Lipinski definition) is 2. The summed E-state index contributed by atoms with van der Waals surface area (Å²) in [7, 11) is 1.38. The lowest BCUT2D eigenvalue weighted by Crippen LogP contribution is -2.35. The number of benzene rings is 1. The van der Waals surface area contributed by atoms with Gasteiger partial charge in [-0.05, 0) is 12.1 Å². The summed E-state index contributed by atoms with van der Waals surface area (Å²) in [6, 6.07) is 7.97. The van der Waals surface area contributed by atoms with E-state index in [1.807, 2.05) is 6.07 Å². The van der Waals surface area contributed by atoms with Gasteiger partial charge in [0.2, 0.25) is 0 Å². The first-order valence-electron chi connectivity index (χ1n) is 5.16. The number of nitrogens with zero attached hydrogens (tertiary/aromatic N) is 2. The van der Waals surface area contributed by atoms with Crippen molar-refractivity contribution >= 4 is 17.5 Å². The minimum Gasteiger partial charge on any atom is -0.495 e. The van der Waals surface area contributed by atoms with Gasteiger partial charge < -0.3 is 15.4 Å². The molecule has 0 aromatic heterocycles. The third-order valence-corrected chi connectivity index (χ3v) is 2.11. The lowest BCUT2D eigenvalue weighted by Gasteiger charge is -2.09. The first-order chi connectivity index (χ1) is 9.12. The van der Waals surface area contributed by atoms with Gasteiger partial charge in [-0.1, -0.05) is 0 Å². The number of rotatable bonds is 3. The first-order valence-corrected chi connectivity index (χ1v) is 5.16. The Morgan fingerprint density at radius 1 is 1.32 bits per heavy atom. The number of ether oxygens (including phenoxy) is 1. The highest BCUT2D eigenvalue weighted by Gasteiger charge is 2.15. The number of carbonyl (C=O) groups excluding carboxylic acids is 2. The SMILES string of the molecule is COc1cc(C#N)ccc1NC(=O)C(=O)NCC#N. The summed E-state index contributed by atoms with van der Waals surface area (Å²) in [4.78, 5) is 22.7. The number of anilines is 1. The zero-order valence-corrected chi connectivity index (χ0v) is 10.1. The Hall–Kier alpha value is -3.06. The van der Waals surface area contributed by atoms with Crippen molar-refractivity contribution in [2.75, 3.05) is 19.0 Å². The molecule has 2 amide bonds. The Labute approximate surface area is 109 Å². The second-order valence-electron chi connectivity index (χ2n) is 3.32. The Bertz CT molecular complexity index is 584. The third kappa shape index (κ3) is 3.72. The van der Waals surface area contributed by atoms with E-state index in [0.717, 1.165) is 0 Å². The molecule has 1 aromatic carbocycles. The second kappa shape index (κ2) is 6.62. The second-order valence-corrected chi connectivity index (χ2v) is 3.32. The average Bonchev–Trinajstić information content (AvgIpc) is 2.44. The van der Waals surface area contributed by atoms with Crippen LogP contribution in [-0.2, 0) is 9.59 Å². The summed E-state index contributed by atoms with van der Waals surface area (Å²) in [5.41, 5.74) is 0.627. The molecule has 0 radical (unpaired) electrons. The maximum absolute atomic E-state index is 11.5. The van der Waals surface area contributed by atoms with E-state index in [1.165, 1.54) is 25.3 Å². The molecule has 0 fully saturated rings. The van der Waals surface area contributed by atoms with E-state index in [2.05, 4.69) is 10.6 Å². The normalized spacial score (nSPS) is 8.79. The van der Waals surface area contributed by atoms with Gasteiger partial charge in [0, 0.05) is 6.07 Å². The molecule has 0 atom stereocenters. The standard InChI is InChI=1S/C12H10N4O3/c1-19-10-6-8(7-14)2-3-9(10)16-12(18)11(17)15-5-4-13/h2-3,6H,5H2,1H3,(H,15,17)(H,16,18). The van der Waals surface area contributed by atoms with Crippen molar-refractivity contribution in [2.24, 2.45) is 0 Å². The molecule has 0 spiro atoms. The number of methoxy groups -OCH3 is 1. The van der Waals surface area contributed by atoms with Crippen LogP contribution >= 0.6 is 0 Å². The van der Waals surface area contributed by atoms with Crippen LogP contribution in [0.15, 0.2) is 18.2 Å². The summed E-state index contributed by atoms with van der Waals surface area (Å²) in [5.74, 6) is -1.58. The summed E-state index contributed by atoms with van der Waals surface area (Å²) in [6.07, 6.45) is 0. The van der Waals surface area contributed by atoms with Crippen molar-refractivity contribution in [2.45, 2.75) is 0 Å². The average molecular weight is 258 g/mol. The van der Waals surface area contributed by atoms with E-state index in [0.29, 0.717) is 5.56 Å². The van der Waals surface area contributed by atoms with Gasteiger partial charge in [-0.25, -0.2) is 0 Å². The molecule has 0 heterocycles. The van der Waals surface area contributed by atoms with Gasteiger partial charge in [0.25, 0.3) is 0 Å². The van der Waals surface area contributed by atoms with E-state index in [9.17, 15) is 9.59 Å². The number of amides is 2. The molecule has 1 rings (SSSR count). The topological polar surface area (TPSA) is 115 Å². The van der Waals surface area contributed by atoms with Crippen LogP contribution in [0.2, 0.25) is 0 Å². The number of carbonyl (C=O) groups is 2. The third-order valence-electron chi connectivity index (χ3n) is 2.11. The van der Waals surface area contributed by atoms with Crippen LogP contribution in [0.4, 0.5) is 5.69 Å². The van der Waals surface area contributed by atoms with Crippen LogP contribution in [0.3, 0.4) is 0 Å². The van der Waals surface area contributed by atoms with Crippen LogP contribution in [0.25, 0.3) is 0 Å². The van der Waals surface area contributed by atoms with Crippen molar-refractivity contribution in [1.82, 2.24) is 5.32 Å². The molecule has 96 valence electrons. The first kappa shape index (κ1) is 14.0. The number of hydrogen-bond acceptors (Lipinski definition) is 5. The quantitative estimate of drug-likeness (QED) is 0.591. The van der Waals surface area contributed by atoms with E-state index in [1.54, 1.807) is 6.07 Å². The molecule has 0 aliphatic rings. The van der Waals surface area contributed by atoms with Crippen molar-refractivity contribution in [3.63, 3.8) is 0 Å². The molecule has 19 heavy (non-hydrogen) atoms. The molecule has 0 bridgehead atoms. The predicted octanol–water partition coefficient (Wildman–Crippen LogP) is 0.145. The highest BCUT2D eigenvalue weighted by atomic mass is 16.5. The number of nitrogens with one attached hydrogen (secondary N) is 2. The van der Waals surface area contributed by atoms with Crippen molar-refractivity contribution < 1.29 is 14.3 Å². The van der Waals surface area contributed by atoms with Gasteiger partial charge in [-0.2, -0.15) is 10.5 Å². The summed E-state index contributed by atoms with van der Waals surface area (Å²) >= 11 is 0. The van der Waals surface area contributed by atoms with Crippen LogP contribution in [0.5, 0.6) is 5.75 Å². The van der Waals surface area contributed by atoms with Gasteiger partial charge in [0.1, 0.15) is 12.3 Å². The Balaban J connectivity index is 2.83. The molecule has 0 saturated heterocycles. The fourth-order valence-corrected chi connectivity index (χ4v) is 1.24. The van der Waals surface area contributed by atoms with Gasteiger partial charge >= 0.3 is 11.8 Å². The van der Waals surface area contributed by atoms with Crippen molar-refractivity contribution in [3.8, 4) is 17.9 Å². The molecular weight excluding hydrogens is 248 g/mol. The zero-order chi connectivity index (χ0) is 14.3. The van der Waals surface area contributed by atoms with E-state index < -0.39 is 11.8 Å². The van der Waals surface area contributed by atoms with E-state index in [-0.39, 0.29) is 18.0 Å². The lowest BCUT2D eigenvalue weighted by molar-refractivity contribution is -0.136. The Kier molecular flexibility index (Phi) is 4.88. The zero-order valence-electron chi connectivity index (χ0n) is 10.1. The van der Waals surface area contributed by atoms with Crippen LogP contribution in [0.1, 0.15) is 5.56 Å². The fourth-order valence-electron chi connectivity index (χ4n) is 1.24. The van der Waals surface area contributed by atoms with Crippen LogP contribution in [0, 0.1) is 22.7 Å². The molecule has 0 saturated carbocycles. The summed E-state index contributed by atoms with van der Waals surface area (Å²) in [5, 5.41) is 21.4. The monoisotopic (exact) mass is 258 g/mol. The molecule has 0 aliphatic heterocycles. The molecule has 1 aromatic rings. The molecule has 7 heteroatoms. The maximum atomic E-state index is 11.5. The van der Waals surface area contributed by atoms with Gasteiger partial charge in [-0.15, -0.1) is 0 Å². The smallest absolute Gasteiger partial charge is 0.313 e. The molecule has 7 nitrogen and oxygen atoms in total. The predicted molar refractivity (Wildman–Crippen MR) is 65.0 cm³/mol. The van der Waals surface area contributed by atoms with Crippen molar-refractivity contribution in [1.29, 1.82) is 10.5 Å². The largest absolute Gasteiger partial charge is 0.495 e. The minimum atomic E-state index is -0.923. The highest BCUT2D eigenvalue weighted by molar-refractivity contribution is 6.39. The maximum Gasteiger partial charge on any atom is 0.313 e. The molecule has 0 aliphatic carbocycles. The summed E-state index contributed by atoms with van der Waals surface area (Å²) in [6.45, 7) is -0.253. The number of nitriles is 2. The fraction of sp³-hybridized carbons (Fsp3) is 0.167.